The van der Waals surface area contributed by atoms with Crippen molar-refractivity contribution in [3.8, 4) is 0 Å². The van der Waals surface area contributed by atoms with Crippen LogP contribution in [0.4, 0.5) is 5.69 Å². The summed E-state index contributed by atoms with van der Waals surface area (Å²) in [5.74, 6) is -0.741. The third-order valence-corrected chi connectivity index (χ3v) is 4.06. The Morgan fingerprint density at radius 3 is 2.65 bits per heavy atom. The number of anilines is 1. The molecule has 1 aromatic carbocycles. The second kappa shape index (κ2) is 6.27. The highest BCUT2D eigenvalue weighted by Crippen LogP contribution is 2.28. The smallest absolute Gasteiger partial charge is 0.329 e. The van der Waals surface area contributed by atoms with Gasteiger partial charge in [0.15, 0.2) is 0 Å². The van der Waals surface area contributed by atoms with Gasteiger partial charge >= 0.3 is 5.97 Å². The molecule has 0 atom stereocenters. The van der Waals surface area contributed by atoms with Gasteiger partial charge in [0.2, 0.25) is 0 Å². The number of hydrogen-bond donors (Lipinski definition) is 2. The molecular weight excluding hydrogens is 252 g/mol. The molecule has 0 aromatic heterocycles. The number of piperidine rings is 1. The molecule has 1 heterocycles. The van der Waals surface area contributed by atoms with Gasteiger partial charge in [-0.2, -0.15) is 0 Å². The van der Waals surface area contributed by atoms with Crippen LogP contribution in [-0.4, -0.2) is 41.1 Å². The standard InChI is InChI=1S/C16H24N2O2/c1-3-9-18-10-7-16(8-11-18,15(19)20)17-14-6-4-5-13(2)12-14/h4-6,12,17H,3,7-11H2,1-2H3,(H,19,20). The third-order valence-electron chi connectivity index (χ3n) is 4.06. The lowest BCUT2D eigenvalue weighted by molar-refractivity contribution is -0.144. The van der Waals surface area contributed by atoms with E-state index in [2.05, 4.69) is 17.1 Å². The van der Waals surface area contributed by atoms with Gasteiger partial charge in [-0.05, 0) is 50.4 Å². The predicted molar refractivity (Wildman–Crippen MR) is 81.1 cm³/mol. The number of aryl methyl sites for hydroxylation is 1. The first-order valence-corrected chi connectivity index (χ1v) is 7.36. The van der Waals surface area contributed by atoms with E-state index in [4.69, 9.17) is 0 Å². The molecule has 110 valence electrons. The Morgan fingerprint density at radius 2 is 2.10 bits per heavy atom. The maximum atomic E-state index is 11.7. The molecule has 0 unspecified atom stereocenters. The number of carboxylic acid groups (broad SMARTS) is 1. The van der Waals surface area contributed by atoms with Crippen LogP contribution in [0.25, 0.3) is 0 Å². The fourth-order valence-corrected chi connectivity index (χ4v) is 2.87. The number of benzene rings is 1. The summed E-state index contributed by atoms with van der Waals surface area (Å²) >= 11 is 0. The topological polar surface area (TPSA) is 52.6 Å². The molecule has 0 saturated carbocycles. The number of aliphatic carboxylic acids is 1. The van der Waals surface area contributed by atoms with Crippen LogP contribution in [0.1, 0.15) is 31.7 Å². The summed E-state index contributed by atoms with van der Waals surface area (Å²) in [6.45, 7) is 6.92. The summed E-state index contributed by atoms with van der Waals surface area (Å²) in [5.41, 5.74) is 1.22. The number of carbonyl (C=O) groups is 1. The van der Waals surface area contributed by atoms with E-state index in [1.165, 1.54) is 0 Å². The first-order chi connectivity index (χ1) is 9.55. The van der Waals surface area contributed by atoms with Gasteiger partial charge in [-0.1, -0.05) is 19.1 Å². The molecule has 1 fully saturated rings. The van der Waals surface area contributed by atoms with E-state index >= 15 is 0 Å². The number of likely N-dealkylation sites (tertiary alicyclic amines) is 1. The normalized spacial score (nSPS) is 18.7. The van der Waals surface area contributed by atoms with Crippen LogP contribution >= 0.6 is 0 Å². The Labute approximate surface area is 120 Å². The maximum Gasteiger partial charge on any atom is 0.329 e. The van der Waals surface area contributed by atoms with Gasteiger partial charge in [0.1, 0.15) is 5.54 Å². The van der Waals surface area contributed by atoms with Crippen molar-refractivity contribution in [3.05, 3.63) is 29.8 Å². The summed E-state index contributed by atoms with van der Waals surface area (Å²) in [6, 6.07) is 7.92. The molecule has 0 aliphatic carbocycles. The Kier molecular flexibility index (Phi) is 4.65. The molecule has 1 aliphatic rings. The van der Waals surface area contributed by atoms with Crippen molar-refractivity contribution < 1.29 is 9.90 Å². The number of hydrogen-bond acceptors (Lipinski definition) is 3. The third kappa shape index (κ3) is 3.31. The summed E-state index contributed by atoms with van der Waals surface area (Å²) in [4.78, 5) is 14.1. The minimum absolute atomic E-state index is 0.649. The lowest BCUT2D eigenvalue weighted by Crippen LogP contribution is -2.54. The van der Waals surface area contributed by atoms with Crippen molar-refractivity contribution in [1.82, 2.24) is 4.90 Å². The van der Waals surface area contributed by atoms with E-state index in [1.807, 2.05) is 31.2 Å². The van der Waals surface area contributed by atoms with Crippen LogP contribution in [0.15, 0.2) is 24.3 Å². The van der Waals surface area contributed by atoms with Crippen molar-refractivity contribution in [2.45, 2.75) is 38.6 Å². The number of rotatable bonds is 5. The van der Waals surface area contributed by atoms with Crippen LogP contribution in [-0.2, 0) is 4.79 Å². The van der Waals surface area contributed by atoms with Gasteiger partial charge in [0.25, 0.3) is 0 Å². The quantitative estimate of drug-likeness (QED) is 0.868. The average molecular weight is 276 g/mol. The van der Waals surface area contributed by atoms with Crippen molar-refractivity contribution in [2.24, 2.45) is 0 Å². The van der Waals surface area contributed by atoms with Crippen LogP contribution in [0.5, 0.6) is 0 Å². The van der Waals surface area contributed by atoms with Crippen LogP contribution in [0.2, 0.25) is 0 Å². The van der Waals surface area contributed by atoms with Crippen molar-refractivity contribution in [1.29, 1.82) is 0 Å². The van der Waals surface area contributed by atoms with E-state index in [0.717, 1.165) is 37.3 Å². The van der Waals surface area contributed by atoms with Gasteiger partial charge in [0, 0.05) is 18.8 Å². The van der Waals surface area contributed by atoms with E-state index in [1.54, 1.807) is 0 Å². The molecule has 0 bridgehead atoms. The first kappa shape index (κ1) is 14.9. The largest absolute Gasteiger partial charge is 0.480 e. The van der Waals surface area contributed by atoms with Crippen molar-refractivity contribution >= 4 is 11.7 Å². The Morgan fingerprint density at radius 1 is 1.40 bits per heavy atom. The van der Waals surface area contributed by atoms with Gasteiger partial charge < -0.3 is 15.3 Å². The zero-order valence-corrected chi connectivity index (χ0v) is 12.4. The maximum absolute atomic E-state index is 11.7. The van der Waals surface area contributed by atoms with E-state index in [-0.39, 0.29) is 0 Å². The number of nitrogens with one attached hydrogen (secondary N) is 1. The molecule has 0 amide bonds. The van der Waals surface area contributed by atoms with Crippen LogP contribution < -0.4 is 5.32 Å². The van der Waals surface area contributed by atoms with E-state index < -0.39 is 11.5 Å². The predicted octanol–water partition coefficient (Wildman–Crippen LogP) is 2.74. The first-order valence-electron chi connectivity index (χ1n) is 7.36. The highest BCUT2D eigenvalue weighted by atomic mass is 16.4. The fourth-order valence-electron chi connectivity index (χ4n) is 2.87. The van der Waals surface area contributed by atoms with E-state index in [0.29, 0.717) is 12.8 Å². The Bertz CT molecular complexity index is 465. The average Bonchev–Trinajstić information content (AvgIpc) is 2.41. The lowest BCUT2D eigenvalue weighted by Gasteiger charge is -2.40. The summed E-state index contributed by atoms with van der Waals surface area (Å²) in [5, 5.41) is 12.9. The number of carboxylic acids is 1. The van der Waals surface area contributed by atoms with Crippen LogP contribution in [0, 0.1) is 6.92 Å². The number of nitrogens with zero attached hydrogens (tertiary/aromatic N) is 1. The van der Waals surface area contributed by atoms with Crippen molar-refractivity contribution in [3.63, 3.8) is 0 Å². The highest BCUT2D eigenvalue weighted by molar-refractivity contribution is 5.83. The Balaban J connectivity index is 2.10. The molecule has 2 N–H and O–H groups in total. The van der Waals surface area contributed by atoms with E-state index in [9.17, 15) is 9.90 Å². The highest BCUT2D eigenvalue weighted by Gasteiger charge is 2.41. The van der Waals surface area contributed by atoms with Gasteiger partial charge in [0.05, 0.1) is 0 Å². The fraction of sp³-hybridized carbons (Fsp3) is 0.562. The molecule has 1 aliphatic heterocycles. The molecule has 2 rings (SSSR count). The second-order valence-electron chi connectivity index (χ2n) is 5.72. The molecule has 4 nitrogen and oxygen atoms in total. The molecular formula is C16H24N2O2. The van der Waals surface area contributed by atoms with Gasteiger partial charge in [-0.3, -0.25) is 0 Å². The zero-order valence-electron chi connectivity index (χ0n) is 12.4. The Hall–Kier alpha value is -1.55. The van der Waals surface area contributed by atoms with Gasteiger partial charge in [-0.25, -0.2) is 4.79 Å². The molecule has 20 heavy (non-hydrogen) atoms. The summed E-state index contributed by atoms with van der Waals surface area (Å²) in [6.07, 6.45) is 2.41. The SMILES string of the molecule is CCCN1CCC(Nc2cccc(C)c2)(C(=O)O)CC1. The molecule has 1 aromatic rings. The minimum atomic E-state index is -0.821. The molecule has 0 radical (unpaired) electrons. The zero-order chi connectivity index (χ0) is 14.6. The molecule has 0 spiro atoms. The van der Waals surface area contributed by atoms with Crippen LogP contribution in [0.3, 0.4) is 0 Å². The molecule has 4 heteroatoms. The summed E-state index contributed by atoms with van der Waals surface area (Å²) in [7, 11) is 0. The monoisotopic (exact) mass is 276 g/mol. The van der Waals surface area contributed by atoms with Gasteiger partial charge in [-0.15, -0.1) is 0 Å². The van der Waals surface area contributed by atoms with Crippen molar-refractivity contribution in [2.75, 3.05) is 25.0 Å². The molecule has 1 saturated heterocycles. The second-order valence-corrected chi connectivity index (χ2v) is 5.72. The lowest BCUT2D eigenvalue weighted by atomic mass is 9.87. The summed E-state index contributed by atoms with van der Waals surface area (Å²) < 4.78 is 0. The minimum Gasteiger partial charge on any atom is -0.480 e.